The molecule has 0 aromatic carbocycles. The molecule has 0 aliphatic carbocycles. The number of likely N-dealkylation sites (tertiary alicyclic amines) is 1. The van der Waals surface area contributed by atoms with E-state index in [1.165, 1.54) is 6.42 Å². The van der Waals surface area contributed by atoms with Crippen LogP contribution in [0.3, 0.4) is 0 Å². The molecule has 1 aliphatic rings. The summed E-state index contributed by atoms with van der Waals surface area (Å²) in [5, 5.41) is 5.07. The number of nitrogens with two attached hydrogens (primary N) is 1. The van der Waals surface area contributed by atoms with Crippen molar-refractivity contribution in [2.24, 2.45) is 5.14 Å². The SMILES string of the molecule is CC(C)N1CCCCC1CS(N)(=O)=O. The van der Waals surface area contributed by atoms with Gasteiger partial charge in [0.1, 0.15) is 0 Å². The Kier molecular flexibility index (Phi) is 3.92. The van der Waals surface area contributed by atoms with E-state index in [0.717, 1.165) is 19.4 Å². The van der Waals surface area contributed by atoms with Gasteiger partial charge >= 0.3 is 0 Å². The fourth-order valence-corrected chi connectivity index (χ4v) is 3.04. The second-order valence-corrected chi connectivity index (χ2v) is 5.97. The van der Waals surface area contributed by atoms with Crippen LogP contribution in [-0.4, -0.2) is 37.7 Å². The summed E-state index contributed by atoms with van der Waals surface area (Å²) in [6.45, 7) is 5.20. The summed E-state index contributed by atoms with van der Waals surface area (Å²) in [5.41, 5.74) is 0. The Morgan fingerprint density at radius 2 is 2.07 bits per heavy atom. The normalized spacial score (nSPS) is 25.6. The average Bonchev–Trinajstić information content (AvgIpc) is 2.01. The number of nitrogens with zero attached hydrogens (tertiary/aromatic N) is 1. The fourth-order valence-electron chi connectivity index (χ4n) is 2.15. The maximum Gasteiger partial charge on any atom is 0.210 e. The third-order valence-electron chi connectivity index (χ3n) is 2.76. The zero-order valence-electron chi connectivity index (χ0n) is 8.94. The van der Waals surface area contributed by atoms with Crippen molar-refractivity contribution in [2.75, 3.05) is 12.3 Å². The van der Waals surface area contributed by atoms with Gasteiger partial charge in [0.05, 0.1) is 5.75 Å². The molecule has 1 rings (SSSR count). The first-order chi connectivity index (χ1) is 6.40. The van der Waals surface area contributed by atoms with Gasteiger partial charge in [0.25, 0.3) is 0 Å². The van der Waals surface area contributed by atoms with E-state index in [2.05, 4.69) is 18.7 Å². The number of hydrogen-bond acceptors (Lipinski definition) is 3. The quantitative estimate of drug-likeness (QED) is 0.755. The number of hydrogen-bond donors (Lipinski definition) is 1. The van der Waals surface area contributed by atoms with Crippen LogP contribution in [0.2, 0.25) is 0 Å². The van der Waals surface area contributed by atoms with Gasteiger partial charge < -0.3 is 0 Å². The predicted molar refractivity (Wildman–Crippen MR) is 57.5 cm³/mol. The van der Waals surface area contributed by atoms with Crippen LogP contribution in [0.15, 0.2) is 0 Å². The van der Waals surface area contributed by atoms with E-state index in [0.29, 0.717) is 6.04 Å². The van der Waals surface area contributed by atoms with Crippen molar-refractivity contribution < 1.29 is 8.42 Å². The number of rotatable bonds is 3. The van der Waals surface area contributed by atoms with Crippen LogP contribution in [0.1, 0.15) is 33.1 Å². The van der Waals surface area contributed by atoms with E-state index in [1.807, 2.05) is 0 Å². The van der Waals surface area contributed by atoms with Gasteiger partial charge in [-0.2, -0.15) is 0 Å². The van der Waals surface area contributed by atoms with E-state index >= 15 is 0 Å². The van der Waals surface area contributed by atoms with Crippen molar-refractivity contribution in [3.8, 4) is 0 Å². The van der Waals surface area contributed by atoms with Crippen LogP contribution >= 0.6 is 0 Å². The van der Waals surface area contributed by atoms with Crippen LogP contribution in [0, 0.1) is 0 Å². The van der Waals surface area contributed by atoms with Crippen molar-refractivity contribution in [2.45, 2.75) is 45.2 Å². The van der Waals surface area contributed by atoms with Crippen molar-refractivity contribution >= 4 is 10.0 Å². The van der Waals surface area contributed by atoms with Crippen LogP contribution < -0.4 is 5.14 Å². The van der Waals surface area contributed by atoms with Crippen LogP contribution in [0.4, 0.5) is 0 Å². The minimum atomic E-state index is -3.33. The van der Waals surface area contributed by atoms with Crippen molar-refractivity contribution in [3.05, 3.63) is 0 Å². The number of piperidine rings is 1. The molecule has 0 radical (unpaired) electrons. The molecule has 0 bridgehead atoms. The van der Waals surface area contributed by atoms with Gasteiger partial charge in [-0.3, -0.25) is 4.90 Å². The first kappa shape index (κ1) is 11.9. The highest BCUT2D eigenvalue weighted by molar-refractivity contribution is 7.89. The van der Waals surface area contributed by atoms with Gasteiger partial charge in [-0.25, -0.2) is 13.6 Å². The summed E-state index contributed by atoms with van der Waals surface area (Å²) >= 11 is 0. The molecule has 14 heavy (non-hydrogen) atoms. The van der Waals surface area contributed by atoms with Gasteiger partial charge in [0, 0.05) is 12.1 Å². The van der Waals surface area contributed by atoms with Crippen LogP contribution in [-0.2, 0) is 10.0 Å². The molecule has 1 aliphatic heterocycles. The first-order valence-corrected chi connectivity index (χ1v) is 6.88. The number of primary sulfonamides is 1. The standard InChI is InChI=1S/C9H20N2O2S/c1-8(2)11-6-4-3-5-9(11)7-14(10,12)13/h8-9H,3-7H2,1-2H3,(H2,10,12,13). The van der Waals surface area contributed by atoms with E-state index in [4.69, 9.17) is 5.14 Å². The maximum atomic E-state index is 11.0. The Labute approximate surface area is 86.5 Å². The molecule has 4 nitrogen and oxygen atoms in total. The fraction of sp³-hybridized carbons (Fsp3) is 1.00. The van der Waals surface area contributed by atoms with E-state index < -0.39 is 10.0 Å². The lowest BCUT2D eigenvalue weighted by Gasteiger charge is -2.38. The zero-order valence-corrected chi connectivity index (χ0v) is 9.76. The van der Waals surface area contributed by atoms with Gasteiger partial charge in [-0.1, -0.05) is 6.42 Å². The average molecular weight is 220 g/mol. The van der Waals surface area contributed by atoms with Gasteiger partial charge in [0.2, 0.25) is 10.0 Å². The molecule has 1 unspecified atom stereocenters. The molecule has 0 aromatic heterocycles. The maximum absolute atomic E-state index is 11.0. The molecule has 1 saturated heterocycles. The number of sulfonamides is 1. The zero-order chi connectivity index (χ0) is 10.8. The van der Waals surface area contributed by atoms with E-state index in [9.17, 15) is 8.42 Å². The van der Waals surface area contributed by atoms with Crippen LogP contribution in [0.25, 0.3) is 0 Å². The van der Waals surface area contributed by atoms with Crippen molar-refractivity contribution in [1.29, 1.82) is 0 Å². The molecule has 2 N–H and O–H groups in total. The van der Waals surface area contributed by atoms with Crippen molar-refractivity contribution in [1.82, 2.24) is 4.90 Å². The largest absolute Gasteiger partial charge is 0.297 e. The highest BCUT2D eigenvalue weighted by atomic mass is 32.2. The lowest BCUT2D eigenvalue weighted by Crippen LogP contribution is -2.48. The summed E-state index contributed by atoms with van der Waals surface area (Å²) in [6.07, 6.45) is 3.23. The lowest BCUT2D eigenvalue weighted by molar-refractivity contribution is 0.125. The molecular formula is C9H20N2O2S. The molecule has 1 atom stereocenters. The summed E-state index contributed by atoms with van der Waals surface area (Å²) < 4.78 is 22.0. The summed E-state index contributed by atoms with van der Waals surface area (Å²) in [5.74, 6) is 0.102. The smallest absolute Gasteiger partial charge is 0.210 e. The van der Waals surface area contributed by atoms with E-state index in [1.54, 1.807) is 0 Å². The molecule has 0 spiro atoms. The first-order valence-electron chi connectivity index (χ1n) is 5.16. The summed E-state index contributed by atoms with van der Waals surface area (Å²) in [7, 11) is -3.33. The molecule has 0 amide bonds. The summed E-state index contributed by atoms with van der Waals surface area (Å²) in [6, 6.07) is 0.529. The van der Waals surface area contributed by atoms with Gasteiger partial charge in [0.15, 0.2) is 0 Å². The minimum Gasteiger partial charge on any atom is -0.297 e. The molecule has 84 valence electrons. The topological polar surface area (TPSA) is 63.4 Å². The van der Waals surface area contributed by atoms with Crippen molar-refractivity contribution in [3.63, 3.8) is 0 Å². The summed E-state index contributed by atoms with van der Waals surface area (Å²) in [4.78, 5) is 2.24. The molecule has 5 heteroatoms. The third kappa shape index (κ3) is 3.55. The Bertz CT molecular complexity index is 275. The molecule has 0 aromatic rings. The van der Waals surface area contributed by atoms with Crippen LogP contribution in [0.5, 0.6) is 0 Å². The predicted octanol–water partition coefficient (Wildman–Crippen LogP) is 0.538. The molecule has 1 heterocycles. The third-order valence-corrected chi connectivity index (χ3v) is 3.61. The Morgan fingerprint density at radius 1 is 1.43 bits per heavy atom. The molecular weight excluding hydrogens is 200 g/mol. The van der Waals surface area contributed by atoms with Gasteiger partial charge in [-0.15, -0.1) is 0 Å². The molecule has 1 fully saturated rings. The monoisotopic (exact) mass is 220 g/mol. The second-order valence-electron chi connectivity index (χ2n) is 4.31. The Morgan fingerprint density at radius 3 is 2.57 bits per heavy atom. The highest BCUT2D eigenvalue weighted by Gasteiger charge is 2.27. The Balaban J connectivity index is 2.63. The van der Waals surface area contributed by atoms with E-state index in [-0.39, 0.29) is 11.8 Å². The second kappa shape index (κ2) is 4.59. The Hall–Kier alpha value is -0.130. The lowest BCUT2D eigenvalue weighted by atomic mass is 10.0. The van der Waals surface area contributed by atoms with Gasteiger partial charge in [-0.05, 0) is 33.2 Å². The minimum absolute atomic E-state index is 0.102. The highest BCUT2D eigenvalue weighted by Crippen LogP contribution is 2.20. The molecule has 0 saturated carbocycles.